The van der Waals surface area contributed by atoms with Crippen molar-refractivity contribution in [1.29, 1.82) is 0 Å². The monoisotopic (exact) mass is 282 g/mol. The fraction of sp³-hybridized carbons (Fsp3) is 0.500. The number of hydrogen-bond donors (Lipinski definition) is 0. The lowest BCUT2D eigenvalue weighted by atomic mass is 10.3. The summed E-state index contributed by atoms with van der Waals surface area (Å²) in [6.07, 6.45) is -5.88. The number of alkyl halides is 3. The Labute approximate surface area is 105 Å². The summed E-state index contributed by atoms with van der Waals surface area (Å²) in [6.45, 7) is 1.37. The van der Waals surface area contributed by atoms with Crippen molar-refractivity contribution >= 4 is 17.9 Å². The molecule has 6 nitrogen and oxygen atoms in total. The fourth-order valence-corrected chi connectivity index (χ4v) is 1.11. The molecule has 106 valence electrons. The minimum absolute atomic E-state index is 0.131. The van der Waals surface area contributed by atoms with Crippen LogP contribution in [0.15, 0.2) is 12.2 Å². The largest absolute Gasteiger partial charge is 0.462 e. The minimum atomic E-state index is -4.92. The molecule has 0 bridgehead atoms. The van der Waals surface area contributed by atoms with Crippen molar-refractivity contribution in [1.82, 2.24) is 0 Å². The van der Waals surface area contributed by atoms with Crippen LogP contribution in [0.5, 0.6) is 0 Å². The van der Waals surface area contributed by atoms with Crippen LogP contribution in [-0.4, -0.2) is 43.4 Å². The van der Waals surface area contributed by atoms with Crippen molar-refractivity contribution in [3.05, 3.63) is 12.2 Å². The Morgan fingerprint density at radius 3 is 2.53 bits per heavy atom. The lowest BCUT2D eigenvalue weighted by Gasteiger charge is -2.11. The highest BCUT2D eigenvalue weighted by molar-refractivity contribution is 5.90. The summed E-state index contributed by atoms with van der Waals surface area (Å²) in [5.41, 5.74) is -1.72. The van der Waals surface area contributed by atoms with Crippen molar-refractivity contribution in [2.75, 3.05) is 13.2 Å². The van der Waals surface area contributed by atoms with Crippen LogP contribution in [-0.2, 0) is 28.6 Å². The smallest absolute Gasteiger partial charge is 0.422 e. The number of halogens is 3. The zero-order valence-electron chi connectivity index (χ0n) is 9.49. The molecule has 0 aliphatic carbocycles. The summed E-state index contributed by atoms with van der Waals surface area (Å²) in [7, 11) is 0. The molecule has 0 amide bonds. The summed E-state index contributed by atoms with van der Waals surface area (Å²) in [4.78, 5) is 32.6. The van der Waals surface area contributed by atoms with Crippen LogP contribution in [0.2, 0.25) is 0 Å². The van der Waals surface area contributed by atoms with Crippen LogP contribution in [0.1, 0.15) is 6.42 Å². The average molecular weight is 282 g/mol. The van der Waals surface area contributed by atoms with Gasteiger partial charge in [0.15, 0.2) is 6.61 Å². The van der Waals surface area contributed by atoms with Gasteiger partial charge in [0.1, 0.15) is 18.3 Å². The van der Waals surface area contributed by atoms with Crippen LogP contribution < -0.4 is 0 Å². The van der Waals surface area contributed by atoms with E-state index in [0.717, 1.165) is 0 Å². The van der Waals surface area contributed by atoms with Crippen LogP contribution in [0.3, 0.4) is 0 Å². The molecule has 0 radical (unpaired) electrons. The van der Waals surface area contributed by atoms with E-state index in [2.05, 4.69) is 20.8 Å². The second-order valence-corrected chi connectivity index (χ2v) is 3.55. The lowest BCUT2D eigenvalue weighted by Crippen LogP contribution is -2.26. The Kier molecular flexibility index (Phi) is 4.52. The summed E-state index contributed by atoms with van der Waals surface area (Å²) in [6, 6.07) is 0. The van der Waals surface area contributed by atoms with Gasteiger partial charge in [-0.05, 0) is 0 Å². The first kappa shape index (κ1) is 15.0. The van der Waals surface area contributed by atoms with E-state index in [-0.39, 0.29) is 13.0 Å². The van der Waals surface area contributed by atoms with Gasteiger partial charge in [0.25, 0.3) is 0 Å². The maximum Gasteiger partial charge on any atom is 0.422 e. The van der Waals surface area contributed by atoms with Gasteiger partial charge in [0.2, 0.25) is 0 Å². The molecule has 1 aliphatic heterocycles. The SMILES string of the molecule is C=C(C(=O)OCC(=O)OC1COC(=O)C1)C(F)(F)F. The standard InChI is InChI=1S/C10H9F3O6/c1-5(10(11,12)13)9(16)18-4-8(15)19-6-2-7(14)17-3-6/h6H,1-4H2. The van der Waals surface area contributed by atoms with E-state index in [9.17, 15) is 27.6 Å². The van der Waals surface area contributed by atoms with Crippen molar-refractivity contribution in [2.45, 2.75) is 18.7 Å². The third-order valence-electron chi connectivity index (χ3n) is 2.03. The number of hydrogen-bond acceptors (Lipinski definition) is 6. The first-order chi connectivity index (χ1) is 8.70. The van der Waals surface area contributed by atoms with Gasteiger partial charge in [0.05, 0.1) is 6.42 Å². The molecule has 0 aromatic carbocycles. The summed E-state index contributed by atoms with van der Waals surface area (Å²) < 4.78 is 49.3. The molecule has 1 unspecified atom stereocenters. The van der Waals surface area contributed by atoms with Gasteiger partial charge >= 0.3 is 24.1 Å². The molecule has 1 fully saturated rings. The number of carbonyl (C=O) groups is 3. The predicted molar refractivity (Wildman–Crippen MR) is 51.6 cm³/mol. The molecule has 0 aromatic heterocycles. The normalized spacial score (nSPS) is 18.7. The third-order valence-corrected chi connectivity index (χ3v) is 2.03. The number of rotatable bonds is 4. The molecule has 0 aromatic rings. The molecule has 1 atom stereocenters. The average Bonchev–Trinajstić information content (AvgIpc) is 2.69. The van der Waals surface area contributed by atoms with E-state index in [4.69, 9.17) is 0 Å². The Bertz CT molecular complexity index is 414. The van der Waals surface area contributed by atoms with Crippen molar-refractivity contribution < 1.29 is 41.8 Å². The number of cyclic esters (lactones) is 1. The van der Waals surface area contributed by atoms with Gasteiger partial charge in [0, 0.05) is 0 Å². The number of esters is 3. The van der Waals surface area contributed by atoms with E-state index in [1.54, 1.807) is 0 Å². The van der Waals surface area contributed by atoms with Gasteiger partial charge in [-0.1, -0.05) is 6.58 Å². The van der Waals surface area contributed by atoms with E-state index in [1.807, 2.05) is 0 Å². The van der Waals surface area contributed by atoms with E-state index in [1.165, 1.54) is 0 Å². The Morgan fingerprint density at radius 2 is 2.05 bits per heavy atom. The minimum Gasteiger partial charge on any atom is -0.462 e. The summed E-state index contributed by atoms with van der Waals surface area (Å²) in [5, 5.41) is 0. The predicted octanol–water partition coefficient (Wildman–Crippen LogP) is 0.507. The Morgan fingerprint density at radius 1 is 1.42 bits per heavy atom. The highest BCUT2D eigenvalue weighted by Crippen LogP contribution is 2.24. The molecule has 1 rings (SSSR count). The van der Waals surface area contributed by atoms with Crippen LogP contribution in [0.4, 0.5) is 13.2 Å². The molecule has 0 N–H and O–H groups in total. The zero-order chi connectivity index (χ0) is 14.6. The maximum atomic E-state index is 12.0. The molecule has 19 heavy (non-hydrogen) atoms. The summed E-state index contributed by atoms with van der Waals surface area (Å²) >= 11 is 0. The number of ether oxygens (including phenoxy) is 3. The lowest BCUT2D eigenvalue weighted by molar-refractivity contribution is -0.164. The molecular formula is C10H9F3O6. The van der Waals surface area contributed by atoms with Crippen LogP contribution in [0, 0.1) is 0 Å². The number of carbonyl (C=O) groups excluding carboxylic acids is 3. The second kappa shape index (κ2) is 5.72. The molecule has 0 spiro atoms. The van der Waals surface area contributed by atoms with Crippen molar-refractivity contribution in [3.63, 3.8) is 0 Å². The van der Waals surface area contributed by atoms with E-state index in [0.29, 0.717) is 0 Å². The van der Waals surface area contributed by atoms with E-state index >= 15 is 0 Å². The van der Waals surface area contributed by atoms with E-state index < -0.39 is 42.4 Å². The fourth-order valence-electron chi connectivity index (χ4n) is 1.11. The molecule has 0 saturated carbocycles. The highest BCUT2D eigenvalue weighted by Gasteiger charge is 2.38. The highest BCUT2D eigenvalue weighted by atomic mass is 19.4. The van der Waals surface area contributed by atoms with Crippen LogP contribution in [0.25, 0.3) is 0 Å². The molecule has 1 heterocycles. The van der Waals surface area contributed by atoms with Gasteiger partial charge < -0.3 is 14.2 Å². The Balaban J connectivity index is 2.32. The first-order valence-corrected chi connectivity index (χ1v) is 4.98. The zero-order valence-corrected chi connectivity index (χ0v) is 9.49. The topological polar surface area (TPSA) is 78.9 Å². The maximum absolute atomic E-state index is 12.0. The molecular weight excluding hydrogens is 273 g/mol. The van der Waals surface area contributed by atoms with Crippen LogP contribution >= 0.6 is 0 Å². The quantitative estimate of drug-likeness (QED) is 0.424. The van der Waals surface area contributed by atoms with Crippen molar-refractivity contribution in [3.8, 4) is 0 Å². The van der Waals surface area contributed by atoms with Gasteiger partial charge in [-0.2, -0.15) is 13.2 Å². The second-order valence-electron chi connectivity index (χ2n) is 3.55. The summed E-state index contributed by atoms with van der Waals surface area (Å²) in [5.74, 6) is -3.39. The Hall–Kier alpha value is -2.06. The molecule has 1 aliphatic rings. The van der Waals surface area contributed by atoms with Crippen molar-refractivity contribution in [2.24, 2.45) is 0 Å². The van der Waals surface area contributed by atoms with Gasteiger partial charge in [-0.25, -0.2) is 9.59 Å². The van der Waals surface area contributed by atoms with Gasteiger partial charge in [-0.3, -0.25) is 4.79 Å². The first-order valence-electron chi connectivity index (χ1n) is 4.98. The third kappa shape index (κ3) is 4.60. The molecule has 1 saturated heterocycles. The molecule has 9 heteroatoms. The van der Waals surface area contributed by atoms with Gasteiger partial charge in [-0.15, -0.1) is 0 Å².